The van der Waals surface area contributed by atoms with E-state index in [4.69, 9.17) is 13.9 Å². The number of pyridine rings is 2. The van der Waals surface area contributed by atoms with Crippen molar-refractivity contribution in [3.05, 3.63) is 211 Å². The molecule has 2 aliphatic rings. The molecule has 10 rings (SSSR count). The van der Waals surface area contributed by atoms with Gasteiger partial charge in [0.2, 0.25) is 14.7 Å². The molecule has 2 unspecified atom stereocenters. The van der Waals surface area contributed by atoms with Crippen LogP contribution in [0.4, 0.5) is 26.3 Å². The first-order valence-corrected chi connectivity index (χ1v) is 34.5. The van der Waals surface area contributed by atoms with E-state index in [1.165, 1.54) is 54.5 Å². The highest BCUT2D eigenvalue weighted by Gasteiger charge is 2.49. The van der Waals surface area contributed by atoms with Gasteiger partial charge in [-0.05, 0) is 142 Å². The van der Waals surface area contributed by atoms with Crippen molar-refractivity contribution in [1.82, 2.24) is 19.8 Å². The monoisotopic (exact) mass is 1240 g/mol. The van der Waals surface area contributed by atoms with Gasteiger partial charge in [0.15, 0.2) is 5.75 Å². The number of aromatic nitrogens is 2. The van der Waals surface area contributed by atoms with Crippen LogP contribution in [0.15, 0.2) is 109 Å². The predicted molar refractivity (Wildman–Crippen MR) is 323 cm³/mol. The van der Waals surface area contributed by atoms with Crippen molar-refractivity contribution in [2.45, 2.75) is 116 Å². The summed E-state index contributed by atoms with van der Waals surface area (Å²) in [5.41, 5.74) is 5.88. The number of amides is 2. The molecule has 2 N–H and O–H groups in total. The highest BCUT2D eigenvalue weighted by molar-refractivity contribution is 7.57. The Labute approximate surface area is 497 Å². The third kappa shape index (κ3) is 12.8. The molecule has 8 aromatic rings. The second kappa shape index (κ2) is 25.3. The molecule has 0 saturated carbocycles. The lowest BCUT2D eigenvalue weighted by Gasteiger charge is -2.42. The zero-order chi connectivity index (χ0) is 62.3. The van der Waals surface area contributed by atoms with Crippen molar-refractivity contribution in [2.24, 2.45) is 0 Å². The van der Waals surface area contributed by atoms with Crippen molar-refractivity contribution >= 4 is 56.7 Å². The Morgan fingerprint density at radius 2 is 0.965 bits per heavy atom. The number of rotatable bonds is 19. The number of hydrogen-bond donors (Lipinski definition) is 2. The molecule has 21 heteroatoms. The fraction of sp³-hybridized carbons (Fsp3) is 0.323. The number of phenolic OH excluding ortho intramolecular Hbond substituents is 1. The molecule has 0 fully saturated rings. The van der Waals surface area contributed by atoms with Crippen LogP contribution in [-0.4, -0.2) is 70.6 Å². The summed E-state index contributed by atoms with van der Waals surface area (Å²) < 4.78 is 127. The molecule has 4 heterocycles. The van der Waals surface area contributed by atoms with Crippen LogP contribution < -0.4 is 4.43 Å². The van der Waals surface area contributed by atoms with Crippen molar-refractivity contribution in [3.8, 4) is 11.5 Å². The molecular formula is C65H68F6N4O8P2Si. The molecule has 0 bridgehead atoms. The minimum absolute atomic E-state index is 0.000793. The normalized spacial score (nSPS) is 14.7. The lowest BCUT2D eigenvalue weighted by Crippen LogP contribution is -2.51. The third-order valence-corrected chi connectivity index (χ3v) is 26.3. The van der Waals surface area contributed by atoms with Gasteiger partial charge < -0.3 is 28.7 Å². The van der Waals surface area contributed by atoms with Crippen LogP contribution in [0.5, 0.6) is 11.5 Å². The maximum Gasteiger partial charge on any atom is 0.258 e. The van der Waals surface area contributed by atoms with Crippen molar-refractivity contribution in [1.29, 1.82) is 0 Å². The largest absolute Gasteiger partial charge is 0.541 e. The maximum atomic E-state index is 14.9. The Kier molecular flexibility index (Phi) is 18.6. The first kappa shape index (κ1) is 63.4. The van der Waals surface area contributed by atoms with E-state index < -0.39 is 76.3 Å². The Morgan fingerprint density at radius 1 is 0.570 bits per heavy atom. The van der Waals surface area contributed by atoms with Crippen LogP contribution in [0.25, 0.3) is 21.8 Å². The van der Waals surface area contributed by atoms with Crippen molar-refractivity contribution in [3.63, 3.8) is 0 Å². The summed E-state index contributed by atoms with van der Waals surface area (Å²) in [5, 5.41) is 11.9. The topological polar surface area (TPSA) is 159 Å². The molecule has 2 amide bonds. The van der Waals surface area contributed by atoms with Gasteiger partial charge in [0.25, 0.3) is 20.1 Å². The summed E-state index contributed by atoms with van der Waals surface area (Å²) in [6.45, 7) is 15.1. The highest BCUT2D eigenvalue weighted by Crippen LogP contribution is 2.58. The summed E-state index contributed by atoms with van der Waals surface area (Å²) in [4.78, 5) is 49.9. The number of halogens is 6. The molecule has 452 valence electrons. The SMILES string of the molecule is CCOP(=O)(Cc1c(F)cccc1F)Cc1c2c(c(O[Si](C(C)C)(C(C)C)C(C)C)c3ncc(Cc4ccc(F)cc4)cc13)C(=O)N(C)C2.CN1Cc2c(c(O)c3ncc(Cc4ccc(F)cc4)cc3c2CP(=O)(O)Cc2c(F)cccc2F)C1=O. The Hall–Kier alpha value is -7.14. The smallest absolute Gasteiger partial charge is 0.258 e. The van der Waals surface area contributed by atoms with E-state index in [0.29, 0.717) is 68.3 Å². The van der Waals surface area contributed by atoms with E-state index in [0.717, 1.165) is 41.0 Å². The van der Waals surface area contributed by atoms with Gasteiger partial charge >= 0.3 is 0 Å². The van der Waals surface area contributed by atoms with E-state index in [1.54, 1.807) is 55.4 Å². The number of hydrogen-bond acceptors (Lipinski definition) is 9. The van der Waals surface area contributed by atoms with Crippen LogP contribution in [0.1, 0.15) is 125 Å². The number of carbonyl (C=O) groups is 2. The minimum Gasteiger partial charge on any atom is -0.541 e. The third-order valence-electron chi connectivity index (χ3n) is 16.4. The fourth-order valence-electron chi connectivity index (χ4n) is 12.4. The number of carbonyl (C=O) groups excluding carboxylic acids is 2. The summed E-state index contributed by atoms with van der Waals surface area (Å²) in [6.07, 6.45) is 2.22. The quantitative estimate of drug-likeness (QED) is 0.0453. The van der Waals surface area contributed by atoms with E-state index in [2.05, 4.69) is 46.5 Å². The second-order valence-corrected chi connectivity index (χ2v) is 33.5. The maximum absolute atomic E-state index is 14.9. The Morgan fingerprint density at radius 3 is 1.43 bits per heavy atom. The molecule has 2 aliphatic heterocycles. The second-order valence-electron chi connectivity index (χ2n) is 23.3. The van der Waals surface area contributed by atoms with Gasteiger partial charge in [-0.25, -0.2) is 26.3 Å². The molecule has 0 aliphatic carbocycles. The van der Waals surface area contributed by atoms with Crippen molar-refractivity contribution in [2.75, 3.05) is 20.7 Å². The average Bonchev–Trinajstić information content (AvgIpc) is 3.31. The number of phenols is 1. The fourth-order valence-corrected chi connectivity index (χ4v) is 21.9. The average molecular weight is 1240 g/mol. The molecule has 0 spiro atoms. The lowest BCUT2D eigenvalue weighted by atomic mass is 9.95. The summed E-state index contributed by atoms with van der Waals surface area (Å²) in [5.74, 6) is -4.72. The predicted octanol–water partition coefficient (Wildman–Crippen LogP) is 15.9. The first-order chi connectivity index (χ1) is 40.6. The van der Waals surface area contributed by atoms with Crippen LogP contribution in [0.2, 0.25) is 16.6 Å². The van der Waals surface area contributed by atoms with E-state index in [-0.39, 0.29) is 82.4 Å². The standard InChI is InChI=1S/C38H46F3N2O4PSi.C27H22F3N2O4P/c1-9-46-48(45,22-32-33(40)11-10-12-34(32)41)21-31-29-18-27(17-26-13-15-28(39)16-14-26)19-42-36(29)37(35-30(31)20-43(8)38(35)44)47-49(23(2)3,24(4)5)25(6)7;1-32-12-19-20(13-37(35,36)14-21-22(29)3-2-4-23(21)30)18-10-16(9-15-5-7-17(28)8-6-15)11-31-25(18)26(33)24(19)27(32)34/h10-16,18-19,23-25H,9,17,20-22H2,1-8H3;2-8,10-11,33H,9,12-14H2,1H3,(H,35,36). The molecule has 0 radical (unpaired) electrons. The van der Waals surface area contributed by atoms with Gasteiger partial charge in [-0.1, -0.05) is 77.9 Å². The van der Waals surface area contributed by atoms with Crippen molar-refractivity contribution < 1.29 is 64.0 Å². The van der Waals surface area contributed by atoms with E-state index in [1.807, 2.05) is 6.07 Å². The van der Waals surface area contributed by atoms with Crippen LogP contribution in [-0.2, 0) is 64.2 Å². The summed E-state index contributed by atoms with van der Waals surface area (Å²) >= 11 is 0. The number of aromatic hydroxyl groups is 1. The number of nitrogens with zero attached hydrogens (tertiary/aromatic N) is 4. The molecular weight excluding hydrogens is 1170 g/mol. The first-order valence-electron chi connectivity index (χ1n) is 28.3. The number of benzene rings is 6. The highest BCUT2D eigenvalue weighted by atomic mass is 31.2. The van der Waals surface area contributed by atoms with Gasteiger partial charge in [0.05, 0.1) is 42.4 Å². The molecule has 0 saturated heterocycles. The summed E-state index contributed by atoms with van der Waals surface area (Å²) in [7, 11) is -7.38. The lowest BCUT2D eigenvalue weighted by molar-refractivity contribution is 0.0807. The van der Waals surface area contributed by atoms with Crippen LogP contribution >= 0.6 is 14.7 Å². The number of fused-ring (bicyclic) bond motifs is 4. The molecule has 2 atom stereocenters. The zero-order valence-corrected chi connectivity index (χ0v) is 52.1. The van der Waals surface area contributed by atoms with Crippen LogP contribution in [0, 0.1) is 34.9 Å². The van der Waals surface area contributed by atoms with Gasteiger partial charge in [-0.15, -0.1) is 0 Å². The van der Waals surface area contributed by atoms with Crippen LogP contribution in [0.3, 0.4) is 0 Å². The zero-order valence-electron chi connectivity index (χ0n) is 49.3. The summed E-state index contributed by atoms with van der Waals surface area (Å²) in [6, 6.07) is 22.6. The van der Waals surface area contributed by atoms with E-state index >= 15 is 0 Å². The van der Waals surface area contributed by atoms with Gasteiger partial charge in [-0.2, -0.15) is 0 Å². The molecule has 86 heavy (non-hydrogen) atoms. The van der Waals surface area contributed by atoms with Gasteiger partial charge in [0, 0.05) is 61.5 Å². The van der Waals surface area contributed by atoms with Gasteiger partial charge in [-0.3, -0.25) is 28.7 Å². The molecule has 2 aromatic heterocycles. The molecule has 12 nitrogen and oxygen atoms in total. The Balaban J connectivity index is 0.000000213. The minimum atomic E-state index is -4.23. The molecule has 6 aromatic carbocycles. The van der Waals surface area contributed by atoms with E-state index in [9.17, 15) is 55.1 Å². The Bertz CT molecular complexity index is 3980. The van der Waals surface area contributed by atoms with Gasteiger partial charge in [0.1, 0.15) is 51.7 Å².